The lowest BCUT2D eigenvalue weighted by atomic mass is 9.86. The van der Waals surface area contributed by atoms with Crippen molar-refractivity contribution in [1.29, 1.82) is 0 Å². The number of hydrogen-bond donors (Lipinski definition) is 0. The highest BCUT2D eigenvalue weighted by atomic mass is 16.2. The number of fused-ring (bicyclic) bond motifs is 2. The third kappa shape index (κ3) is 3.82. The standard InChI is InChI=1S/C26H28NO/c1-19(2)11-14-25(28)27-17-15-22(16-18-27)26-23-9-5-3-7-20(23)12-13-21-8-4-6-10-24(21)26/h3-10,12-14,19H,11,15-18H2,1-2H3. The molecule has 143 valence electrons. The number of amides is 1. The van der Waals surface area contributed by atoms with Crippen molar-refractivity contribution in [1.82, 2.24) is 4.90 Å². The monoisotopic (exact) mass is 370 g/mol. The minimum Gasteiger partial charge on any atom is -0.342 e. The molecule has 4 rings (SSSR count). The predicted octanol–water partition coefficient (Wildman–Crippen LogP) is 5.85. The van der Waals surface area contributed by atoms with Gasteiger partial charge in [-0.15, -0.1) is 0 Å². The van der Waals surface area contributed by atoms with Gasteiger partial charge >= 0.3 is 0 Å². The summed E-state index contributed by atoms with van der Waals surface area (Å²) in [5.74, 6) is 0.721. The average Bonchev–Trinajstić information content (AvgIpc) is 2.89. The summed E-state index contributed by atoms with van der Waals surface area (Å²) in [6.45, 7) is 5.92. The van der Waals surface area contributed by atoms with Crippen LogP contribution in [0.25, 0.3) is 17.7 Å². The van der Waals surface area contributed by atoms with Crippen LogP contribution in [0.15, 0.2) is 54.1 Å². The summed E-state index contributed by atoms with van der Waals surface area (Å²) in [4.78, 5) is 14.5. The van der Waals surface area contributed by atoms with E-state index >= 15 is 0 Å². The zero-order chi connectivity index (χ0) is 19.5. The zero-order valence-electron chi connectivity index (χ0n) is 16.8. The first-order valence-corrected chi connectivity index (χ1v) is 10.3. The van der Waals surface area contributed by atoms with Crippen molar-refractivity contribution >= 4 is 23.6 Å². The molecule has 2 aromatic rings. The SMILES string of the molecule is CC(C)C[CH]C(=O)N1CCC(=C2c3ccccc3C=Cc3ccccc32)CC1. The van der Waals surface area contributed by atoms with E-state index in [1.54, 1.807) is 0 Å². The summed E-state index contributed by atoms with van der Waals surface area (Å²) in [5, 5.41) is 0. The summed E-state index contributed by atoms with van der Waals surface area (Å²) in [5.41, 5.74) is 8.00. The van der Waals surface area contributed by atoms with Crippen molar-refractivity contribution < 1.29 is 4.79 Å². The first-order valence-electron chi connectivity index (χ1n) is 10.3. The van der Waals surface area contributed by atoms with Crippen LogP contribution in [0.3, 0.4) is 0 Å². The van der Waals surface area contributed by atoms with Crippen LogP contribution in [0.1, 0.15) is 55.4 Å². The van der Waals surface area contributed by atoms with Gasteiger partial charge in [-0.25, -0.2) is 0 Å². The number of nitrogens with zero attached hydrogens (tertiary/aromatic N) is 1. The van der Waals surface area contributed by atoms with Crippen molar-refractivity contribution in [3.05, 3.63) is 82.8 Å². The molecule has 2 aromatic carbocycles. The molecular formula is C26H28NO. The molecule has 1 aliphatic carbocycles. The summed E-state index contributed by atoms with van der Waals surface area (Å²) >= 11 is 0. The molecule has 1 heterocycles. The van der Waals surface area contributed by atoms with Crippen LogP contribution in [-0.4, -0.2) is 23.9 Å². The van der Waals surface area contributed by atoms with Gasteiger partial charge in [0.05, 0.1) is 0 Å². The van der Waals surface area contributed by atoms with E-state index in [0.717, 1.165) is 32.4 Å². The summed E-state index contributed by atoms with van der Waals surface area (Å²) in [6, 6.07) is 17.3. The fraction of sp³-hybridized carbons (Fsp3) is 0.308. The van der Waals surface area contributed by atoms with Crippen LogP contribution >= 0.6 is 0 Å². The van der Waals surface area contributed by atoms with Gasteiger partial charge in [0, 0.05) is 19.5 Å². The third-order valence-corrected chi connectivity index (χ3v) is 5.70. The minimum absolute atomic E-state index is 0.195. The second-order valence-corrected chi connectivity index (χ2v) is 8.15. The summed E-state index contributed by atoms with van der Waals surface area (Å²) in [7, 11) is 0. The van der Waals surface area contributed by atoms with Crippen LogP contribution in [0.5, 0.6) is 0 Å². The Hall–Kier alpha value is -2.61. The smallest absolute Gasteiger partial charge is 0.226 e. The maximum absolute atomic E-state index is 12.5. The van der Waals surface area contributed by atoms with E-state index in [1.807, 2.05) is 11.3 Å². The van der Waals surface area contributed by atoms with Crippen LogP contribution in [0.2, 0.25) is 0 Å². The Kier molecular flexibility index (Phi) is 5.47. The van der Waals surface area contributed by atoms with E-state index in [2.05, 4.69) is 74.5 Å². The Morgan fingerprint density at radius 2 is 1.46 bits per heavy atom. The lowest BCUT2D eigenvalue weighted by molar-refractivity contribution is -0.128. The van der Waals surface area contributed by atoms with Crippen molar-refractivity contribution in [2.24, 2.45) is 5.92 Å². The van der Waals surface area contributed by atoms with Gasteiger partial charge in [0.2, 0.25) is 5.91 Å². The molecule has 0 spiro atoms. The molecule has 1 radical (unpaired) electrons. The second-order valence-electron chi connectivity index (χ2n) is 8.15. The van der Waals surface area contributed by atoms with Crippen molar-refractivity contribution in [3.63, 3.8) is 0 Å². The molecule has 1 amide bonds. The highest BCUT2D eigenvalue weighted by molar-refractivity contribution is 5.95. The molecule has 2 heteroatoms. The van der Waals surface area contributed by atoms with E-state index in [0.29, 0.717) is 5.92 Å². The van der Waals surface area contributed by atoms with Crippen LogP contribution < -0.4 is 0 Å². The lowest BCUT2D eigenvalue weighted by Gasteiger charge is -2.31. The van der Waals surface area contributed by atoms with E-state index < -0.39 is 0 Å². The normalized spacial score (nSPS) is 16.0. The van der Waals surface area contributed by atoms with E-state index in [9.17, 15) is 4.79 Å². The van der Waals surface area contributed by atoms with Gasteiger partial charge in [0.15, 0.2) is 0 Å². The highest BCUT2D eigenvalue weighted by Gasteiger charge is 2.24. The maximum atomic E-state index is 12.5. The number of carbonyl (C=O) groups excluding carboxylic acids is 1. The maximum Gasteiger partial charge on any atom is 0.226 e. The summed E-state index contributed by atoms with van der Waals surface area (Å²) < 4.78 is 0. The molecule has 1 aliphatic heterocycles. The van der Waals surface area contributed by atoms with Gasteiger partial charge in [0.1, 0.15) is 0 Å². The minimum atomic E-state index is 0.195. The number of rotatable bonds is 3. The Balaban J connectivity index is 1.65. The predicted molar refractivity (Wildman–Crippen MR) is 117 cm³/mol. The number of hydrogen-bond acceptors (Lipinski definition) is 1. The second kappa shape index (κ2) is 8.18. The van der Waals surface area contributed by atoms with Crippen LogP contribution in [0.4, 0.5) is 0 Å². The quantitative estimate of drug-likeness (QED) is 0.567. The average molecular weight is 371 g/mol. The Morgan fingerprint density at radius 1 is 0.929 bits per heavy atom. The highest BCUT2D eigenvalue weighted by Crippen LogP contribution is 2.38. The first kappa shape index (κ1) is 18.7. The Labute approximate surface area is 168 Å². The zero-order valence-corrected chi connectivity index (χ0v) is 16.8. The first-order chi connectivity index (χ1) is 13.6. The van der Waals surface area contributed by atoms with Gasteiger partial charge in [0.25, 0.3) is 0 Å². The largest absolute Gasteiger partial charge is 0.342 e. The van der Waals surface area contributed by atoms with Gasteiger partial charge in [-0.3, -0.25) is 4.79 Å². The third-order valence-electron chi connectivity index (χ3n) is 5.70. The molecule has 0 atom stereocenters. The number of likely N-dealkylation sites (tertiary alicyclic amines) is 1. The summed E-state index contributed by atoms with van der Waals surface area (Å²) in [6.07, 6.45) is 9.06. The molecule has 0 saturated carbocycles. The van der Waals surface area contributed by atoms with Crippen molar-refractivity contribution in [2.75, 3.05) is 13.1 Å². The molecule has 1 fully saturated rings. The number of benzene rings is 2. The topological polar surface area (TPSA) is 20.3 Å². The molecule has 0 bridgehead atoms. The van der Waals surface area contributed by atoms with Crippen molar-refractivity contribution in [2.45, 2.75) is 33.1 Å². The molecule has 1 saturated heterocycles. The van der Waals surface area contributed by atoms with Gasteiger partial charge in [-0.05, 0) is 53.0 Å². The van der Waals surface area contributed by atoms with Crippen molar-refractivity contribution in [3.8, 4) is 0 Å². The lowest BCUT2D eigenvalue weighted by Crippen LogP contribution is -2.36. The molecule has 0 N–H and O–H groups in total. The fourth-order valence-electron chi connectivity index (χ4n) is 4.16. The van der Waals surface area contributed by atoms with Crippen LogP contribution in [0, 0.1) is 12.3 Å². The molecule has 0 aromatic heterocycles. The van der Waals surface area contributed by atoms with Gasteiger partial charge < -0.3 is 4.90 Å². The fourth-order valence-corrected chi connectivity index (χ4v) is 4.16. The van der Waals surface area contributed by atoms with Crippen LogP contribution in [-0.2, 0) is 4.79 Å². The number of piperidine rings is 1. The van der Waals surface area contributed by atoms with Gasteiger partial charge in [-0.2, -0.15) is 0 Å². The van der Waals surface area contributed by atoms with E-state index in [4.69, 9.17) is 0 Å². The van der Waals surface area contributed by atoms with Gasteiger partial charge in [-0.1, -0.05) is 80.1 Å². The molecule has 2 aliphatic rings. The number of carbonyl (C=O) groups is 1. The molecule has 0 unspecified atom stereocenters. The molecular weight excluding hydrogens is 342 g/mol. The Bertz CT molecular complexity index is 873. The Morgan fingerprint density at radius 3 is 2.00 bits per heavy atom. The van der Waals surface area contributed by atoms with E-state index in [-0.39, 0.29) is 5.91 Å². The van der Waals surface area contributed by atoms with E-state index in [1.165, 1.54) is 33.4 Å². The molecule has 2 nitrogen and oxygen atoms in total. The molecule has 28 heavy (non-hydrogen) atoms.